The molecule has 3 nitrogen and oxygen atoms in total. The molecule has 0 spiro atoms. The van der Waals surface area contributed by atoms with Gasteiger partial charge < -0.3 is 13.7 Å². The lowest BCUT2D eigenvalue weighted by Crippen LogP contribution is -2.11. The first-order valence-corrected chi connectivity index (χ1v) is 14.2. The lowest BCUT2D eigenvalue weighted by Gasteiger charge is -2.28. The standard InChI is InChI=1S/C39H27NO2/c1-3-11-28-25(4-2)22-35(30-13-6-5-12-29(28)30)40(26-19-21-38-34(23-26)32-15-8-10-17-37(32)41-38)27-18-20-33-31-14-7-9-16-36(31)42-39(33)24-27/h3-24H,2H2,1H3/b11-3-. The van der Waals surface area contributed by atoms with Crippen LogP contribution in [0.1, 0.15) is 18.1 Å². The Labute approximate surface area is 243 Å². The Bertz CT molecular complexity index is 2350. The minimum absolute atomic E-state index is 0.854. The van der Waals surface area contributed by atoms with E-state index in [9.17, 15) is 0 Å². The Morgan fingerprint density at radius 1 is 0.548 bits per heavy atom. The van der Waals surface area contributed by atoms with Gasteiger partial charge in [0.25, 0.3) is 0 Å². The molecular formula is C39H27NO2. The van der Waals surface area contributed by atoms with Gasteiger partial charge in [-0.25, -0.2) is 0 Å². The van der Waals surface area contributed by atoms with Crippen molar-refractivity contribution in [2.75, 3.05) is 4.90 Å². The number of nitrogens with zero attached hydrogens (tertiary/aromatic N) is 1. The number of rotatable bonds is 5. The van der Waals surface area contributed by atoms with Crippen molar-refractivity contribution in [3.63, 3.8) is 0 Å². The number of furan rings is 2. The molecule has 0 saturated carbocycles. The van der Waals surface area contributed by atoms with E-state index in [4.69, 9.17) is 8.83 Å². The first kappa shape index (κ1) is 24.3. The largest absolute Gasteiger partial charge is 0.456 e. The van der Waals surface area contributed by atoms with Gasteiger partial charge in [0.05, 0.1) is 5.69 Å². The molecule has 0 N–H and O–H groups in total. The molecule has 0 aliphatic heterocycles. The van der Waals surface area contributed by atoms with Crippen molar-refractivity contribution in [3.05, 3.63) is 139 Å². The Hall–Kier alpha value is -5.54. The second kappa shape index (κ2) is 9.53. The molecule has 0 fully saturated rings. The highest BCUT2D eigenvalue weighted by atomic mass is 16.3. The zero-order chi connectivity index (χ0) is 28.2. The van der Waals surface area contributed by atoms with E-state index < -0.39 is 0 Å². The molecule has 0 aliphatic rings. The number of hydrogen-bond acceptors (Lipinski definition) is 3. The van der Waals surface area contributed by atoms with E-state index in [-0.39, 0.29) is 0 Å². The third-order valence-corrected chi connectivity index (χ3v) is 8.13. The zero-order valence-electron chi connectivity index (χ0n) is 23.2. The highest BCUT2D eigenvalue weighted by Gasteiger charge is 2.21. The molecule has 0 atom stereocenters. The smallest absolute Gasteiger partial charge is 0.137 e. The maximum atomic E-state index is 6.35. The van der Waals surface area contributed by atoms with Gasteiger partial charge in [0.1, 0.15) is 22.3 Å². The van der Waals surface area contributed by atoms with Crippen molar-refractivity contribution >= 4 is 83.9 Å². The number of allylic oxidation sites excluding steroid dienone is 1. The summed E-state index contributed by atoms with van der Waals surface area (Å²) in [6.07, 6.45) is 6.19. The van der Waals surface area contributed by atoms with Crippen LogP contribution in [0.25, 0.3) is 66.8 Å². The third kappa shape index (κ3) is 3.68. The van der Waals surface area contributed by atoms with Gasteiger partial charge in [0.15, 0.2) is 0 Å². The first-order chi connectivity index (χ1) is 20.7. The summed E-state index contributed by atoms with van der Waals surface area (Å²) < 4.78 is 12.5. The van der Waals surface area contributed by atoms with Crippen molar-refractivity contribution in [2.24, 2.45) is 0 Å². The van der Waals surface area contributed by atoms with Gasteiger partial charge in [-0.1, -0.05) is 85.5 Å². The molecule has 0 saturated heterocycles. The fourth-order valence-corrected chi connectivity index (χ4v) is 6.24. The van der Waals surface area contributed by atoms with Crippen LogP contribution in [0.3, 0.4) is 0 Å². The molecule has 3 heteroatoms. The summed E-state index contributed by atoms with van der Waals surface area (Å²) in [6.45, 7) is 6.23. The summed E-state index contributed by atoms with van der Waals surface area (Å²) in [5.41, 5.74) is 8.84. The lowest BCUT2D eigenvalue weighted by atomic mass is 9.95. The van der Waals surface area contributed by atoms with E-state index in [0.29, 0.717) is 0 Å². The van der Waals surface area contributed by atoms with Crippen molar-refractivity contribution < 1.29 is 8.83 Å². The van der Waals surface area contributed by atoms with Crippen LogP contribution in [-0.4, -0.2) is 0 Å². The molecule has 42 heavy (non-hydrogen) atoms. The molecule has 8 aromatic rings. The number of anilines is 3. The maximum Gasteiger partial charge on any atom is 0.137 e. The van der Waals surface area contributed by atoms with Gasteiger partial charge in [0.2, 0.25) is 0 Å². The molecule has 8 rings (SSSR count). The Morgan fingerprint density at radius 3 is 1.86 bits per heavy atom. The van der Waals surface area contributed by atoms with E-state index in [1.54, 1.807) is 0 Å². The van der Waals surface area contributed by atoms with Crippen molar-refractivity contribution in [1.82, 2.24) is 0 Å². The van der Waals surface area contributed by atoms with Crippen LogP contribution in [0.4, 0.5) is 17.1 Å². The average Bonchev–Trinajstić information content (AvgIpc) is 3.60. The fourth-order valence-electron chi connectivity index (χ4n) is 6.24. The van der Waals surface area contributed by atoms with E-state index in [0.717, 1.165) is 77.5 Å². The average molecular weight is 542 g/mol. The van der Waals surface area contributed by atoms with Crippen molar-refractivity contribution in [2.45, 2.75) is 6.92 Å². The van der Waals surface area contributed by atoms with Gasteiger partial charge in [-0.05, 0) is 72.0 Å². The minimum Gasteiger partial charge on any atom is -0.456 e. The summed E-state index contributed by atoms with van der Waals surface area (Å²) in [5.74, 6) is 0. The molecule has 0 aliphatic carbocycles. The van der Waals surface area contributed by atoms with Crippen LogP contribution in [0.15, 0.2) is 137 Å². The van der Waals surface area contributed by atoms with Gasteiger partial charge in [-0.15, -0.1) is 0 Å². The van der Waals surface area contributed by atoms with Crippen LogP contribution in [0, 0.1) is 0 Å². The molecule has 0 radical (unpaired) electrons. The number of para-hydroxylation sites is 2. The van der Waals surface area contributed by atoms with Gasteiger partial charge in [-0.3, -0.25) is 0 Å². The van der Waals surface area contributed by atoms with Crippen LogP contribution in [0.2, 0.25) is 0 Å². The van der Waals surface area contributed by atoms with Crippen LogP contribution in [-0.2, 0) is 0 Å². The predicted octanol–water partition coefficient (Wildman–Crippen LogP) is 11.8. The Kier molecular flexibility index (Phi) is 5.51. The van der Waals surface area contributed by atoms with E-state index in [1.165, 1.54) is 5.39 Å². The lowest BCUT2D eigenvalue weighted by molar-refractivity contribution is 0.668. The van der Waals surface area contributed by atoms with Crippen LogP contribution < -0.4 is 4.90 Å². The molecule has 0 amide bonds. The van der Waals surface area contributed by atoms with Crippen LogP contribution in [0.5, 0.6) is 0 Å². The molecule has 2 heterocycles. The van der Waals surface area contributed by atoms with Gasteiger partial charge in [-0.2, -0.15) is 0 Å². The SMILES string of the molecule is C=Cc1cc(N(c2ccc3c(c2)oc2ccccc23)c2ccc3oc4ccccc4c3c2)c2ccccc2c1/C=C\C. The number of fused-ring (bicyclic) bond motifs is 7. The molecule has 200 valence electrons. The molecule has 2 aromatic heterocycles. The molecule has 0 unspecified atom stereocenters. The predicted molar refractivity (Wildman–Crippen MR) is 178 cm³/mol. The van der Waals surface area contributed by atoms with E-state index in [1.807, 2.05) is 30.3 Å². The summed E-state index contributed by atoms with van der Waals surface area (Å²) in [6, 6.07) is 40.2. The minimum atomic E-state index is 0.854. The highest BCUT2D eigenvalue weighted by Crippen LogP contribution is 2.44. The second-order valence-electron chi connectivity index (χ2n) is 10.5. The quantitative estimate of drug-likeness (QED) is 0.217. The Balaban J connectivity index is 1.45. The first-order valence-electron chi connectivity index (χ1n) is 14.2. The Morgan fingerprint density at radius 2 is 1.12 bits per heavy atom. The fraction of sp³-hybridized carbons (Fsp3) is 0.0256. The van der Waals surface area contributed by atoms with Gasteiger partial charge >= 0.3 is 0 Å². The van der Waals surface area contributed by atoms with Crippen molar-refractivity contribution in [3.8, 4) is 0 Å². The third-order valence-electron chi connectivity index (χ3n) is 8.13. The van der Waals surface area contributed by atoms with Crippen molar-refractivity contribution in [1.29, 1.82) is 0 Å². The highest BCUT2D eigenvalue weighted by molar-refractivity contribution is 6.10. The normalized spacial score (nSPS) is 11.9. The van der Waals surface area contributed by atoms with E-state index in [2.05, 4.69) is 122 Å². The molecule has 6 aromatic carbocycles. The summed E-state index contributed by atoms with van der Waals surface area (Å²) in [5, 5.41) is 6.72. The monoisotopic (exact) mass is 541 g/mol. The maximum absolute atomic E-state index is 6.35. The number of hydrogen-bond donors (Lipinski definition) is 0. The van der Waals surface area contributed by atoms with E-state index >= 15 is 0 Å². The number of benzene rings is 6. The van der Waals surface area contributed by atoms with Crippen LogP contribution >= 0.6 is 0 Å². The second-order valence-corrected chi connectivity index (χ2v) is 10.5. The summed E-state index contributed by atoms with van der Waals surface area (Å²) in [7, 11) is 0. The summed E-state index contributed by atoms with van der Waals surface area (Å²) >= 11 is 0. The van der Waals surface area contributed by atoms with Gasteiger partial charge in [0, 0.05) is 44.4 Å². The molecule has 0 bridgehead atoms. The molecular weight excluding hydrogens is 514 g/mol. The topological polar surface area (TPSA) is 29.5 Å². The zero-order valence-corrected chi connectivity index (χ0v) is 23.2. The summed E-state index contributed by atoms with van der Waals surface area (Å²) in [4.78, 5) is 2.32.